The summed E-state index contributed by atoms with van der Waals surface area (Å²) in [4.78, 5) is 22.2. The van der Waals surface area contributed by atoms with Crippen LogP contribution in [0.2, 0.25) is 0 Å². The number of rotatable bonds is 4. The third kappa shape index (κ3) is 4.52. The summed E-state index contributed by atoms with van der Waals surface area (Å²) in [6.45, 7) is 8.04. The number of amides is 1. The van der Waals surface area contributed by atoms with Crippen LogP contribution in [0.25, 0.3) is 17.0 Å². The molecule has 1 amide bonds. The van der Waals surface area contributed by atoms with E-state index in [0.29, 0.717) is 5.57 Å². The van der Waals surface area contributed by atoms with E-state index in [2.05, 4.69) is 35.2 Å². The Morgan fingerprint density at radius 2 is 1.77 bits per heavy atom. The fraction of sp³-hybridized carbons (Fsp3) is 0.280. The van der Waals surface area contributed by atoms with Gasteiger partial charge in [0.2, 0.25) is 0 Å². The standard InChI is InChI=1S/C25H28N4O/c1-18-16-24(29-13-11-28(3)12-14-29)27-23-10-9-21(17-22(18)23)26-25(30)19(2)15-20-7-5-4-6-8-20/h4-10,15-17H,11-14H2,1-3H3,(H,26,30). The summed E-state index contributed by atoms with van der Waals surface area (Å²) in [5, 5.41) is 4.08. The van der Waals surface area contributed by atoms with Gasteiger partial charge in [0, 0.05) is 42.8 Å². The van der Waals surface area contributed by atoms with Gasteiger partial charge in [-0.1, -0.05) is 30.3 Å². The lowest BCUT2D eigenvalue weighted by Gasteiger charge is -2.33. The molecule has 0 spiro atoms. The number of aryl methyl sites for hydroxylation is 1. The molecule has 1 aliphatic rings. The highest BCUT2D eigenvalue weighted by molar-refractivity contribution is 6.07. The molecule has 0 unspecified atom stereocenters. The van der Waals surface area contributed by atoms with Crippen molar-refractivity contribution in [2.45, 2.75) is 13.8 Å². The maximum atomic E-state index is 12.6. The summed E-state index contributed by atoms with van der Waals surface area (Å²) in [6, 6.07) is 18.0. The molecule has 30 heavy (non-hydrogen) atoms. The van der Waals surface area contributed by atoms with Crippen molar-refractivity contribution >= 4 is 34.4 Å². The van der Waals surface area contributed by atoms with E-state index in [1.54, 1.807) is 0 Å². The van der Waals surface area contributed by atoms with Crippen LogP contribution < -0.4 is 10.2 Å². The number of carbonyl (C=O) groups is 1. The zero-order valence-corrected chi connectivity index (χ0v) is 17.9. The molecule has 1 aliphatic heterocycles. The lowest BCUT2D eigenvalue weighted by molar-refractivity contribution is -0.112. The highest BCUT2D eigenvalue weighted by atomic mass is 16.1. The molecule has 0 radical (unpaired) electrons. The molecular formula is C25H28N4O. The first kappa shape index (κ1) is 20.1. The minimum atomic E-state index is -0.0992. The van der Waals surface area contributed by atoms with Gasteiger partial charge in [-0.3, -0.25) is 4.79 Å². The lowest BCUT2D eigenvalue weighted by atomic mass is 10.1. The summed E-state index contributed by atoms with van der Waals surface area (Å²) in [7, 11) is 2.16. The van der Waals surface area contributed by atoms with Gasteiger partial charge in [0.15, 0.2) is 0 Å². The van der Waals surface area contributed by atoms with Crippen molar-refractivity contribution in [2.24, 2.45) is 0 Å². The van der Waals surface area contributed by atoms with Crippen molar-refractivity contribution in [1.82, 2.24) is 9.88 Å². The van der Waals surface area contributed by atoms with Crippen LogP contribution in [0, 0.1) is 6.92 Å². The molecule has 1 saturated heterocycles. The number of likely N-dealkylation sites (N-methyl/N-ethyl adjacent to an activating group) is 1. The summed E-state index contributed by atoms with van der Waals surface area (Å²) in [6.07, 6.45) is 1.89. The Morgan fingerprint density at radius 3 is 2.50 bits per heavy atom. The maximum absolute atomic E-state index is 12.6. The van der Waals surface area contributed by atoms with Crippen molar-refractivity contribution in [3.05, 3.63) is 71.3 Å². The fourth-order valence-electron chi connectivity index (χ4n) is 3.75. The van der Waals surface area contributed by atoms with Crippen LogP contribution >= 0.6 is 0 Å². The Bertz CT molecular complexity index is 1080. The van der Waals surface area contributed by atoms with Gasteiger partial charge in [-0.25, -0.2) is 4.98 Å². The summed E-state index contributed by atoms with van der Waals surface area (Å²) < 4.78 is 0. The molecule has 5 heteroatoms. The quantitative estimate of drug-likeness (QED) is 0.662. The smallest absolute Gasteiger partial charge is 0.251 e. The van der Waals surface area contributed by atoms with E-state index >= 15 is 0 Å². The number of nitrogens with zero attached hydrogens (tertiary/aromatic N) is 3. The number of nitrogens with one attached hydrogen (secondary N) is 1. The number of benzene rings is 2. The second-order valence-electron chi connectivity index (χ2n) is 8.01. The first-order valence-electron chi connectivity index (χ1n) is 10.4. The fourth-order valence-corrected chi connectivity index (χ4v) is 3.75. The van der Waals surface area contributed by atoms with Crippen LogP contribution in [0.3, 0.4) is 0 Å². The van der Waals surface area contributed by atoms with Crippen LogP contribution in [-0.4, -0.2) is 49.0 Å². The van der Waals surface area contributed by atoms with Gasteiger partial charge in [-0.05, 0) is 62.4 Å². The molecule has 1 fully saturated rings. The van der Waals surface area contributed by atoms with Crippen molar-refractivity contribution in [1.29, 1.82) is 0 Å². The number of aromatic nitrogens is 1. The molecule has 5 nitrogen and oxygen atoms in total. The van der Waals surface area contributed by atoms with Gasteiger partial charge in [-0.15, -0.1) is 0 Å². The Hall–Kier alpha value is -3.18. The SMILES string of the molecule is CC(=Cc1ccccc1)C(=O)Nc1ccc2nc(N3CCN(C)CC3)cc(C)c2c1. The van der Waals surface area contributed by atoms with Gasteiger partial charge >= 0.3 is 0 Å². The van der Waals surface area contributed by atoms with E-state index in [0.717, 1.165) is 54.2 Å². The zero-order valence-electron chi connectivity index (χ0n) is 17.9. The predicted molar refractivity (Wildman–Crippen MR) is 125 cm³/mol. The van der Waals surface area contributed by atoms with Crippen molar-refractivity contribution in [2.75, 3.05) is 43.4 Å². The zero-order chi connectivity index (χ0) is 21.1. The van der Waals surface area contributed by atoms with E-state index in [9.17, 15) is 4.79 Å². The van der Waals surface area contributed by atoms with Crippen molar-refractivity contribution < 1.29 is 4.79 Å². The number of hydrogen-bond acceptors (Lipinski definition) is 4. The van der Waals surface area contributed by atoms with E-state index in [4.69, 9.17) is 4.98 Å². The van der Waals surface area contributed by atoms with Crippen molar-refractivity contribution in [3.63, 3.8) is 0 Å². The highest BCUT2D eigenvalue weighted by Gasteiger charge is 2.16. The average Bonchev–Trinajstić information content (AvgIpc) is 2.75. The van der Waals surface area contributed by atoms with Crippen LogP contribution in [0.5, 0.6) is 0 Å². The molecular weight excluding hydrogens is 372 g/mol. The minimum Gasteiger partial charge on any atom is -0.354 e. The molecule has 2 aromatic carbocycles. The molecule has 4 rings (SSSR count). The summed E-state index contributed by atoms with van der Waals surface area (Å²) >= 11 is 0. The van der Waals surface area contributed by atoms with E-state index in [1.807, 2.05) is 61.5 Å². The Balaban J connectivity index is 1.53. The van der Waals surface area contributed by atoms with Gasteiger partial charge in [-0.2, -0.15) is 0 Å². The topological polar surface area (TPSA) is 48.5 Å². The number of piperazine rings is 1. The molecule has 0 bridgehead atoms. The average molecular weight is 401 g/mol. The monoisotopic (exact) mass is 400 g/mol. The molecule has 1 N–H and O–H groups in total. The van der Waals surface area contributed by atoms with E-state index in [-0.39, 0.29) is 5.91 Å². The second kappa shape index (κ2) is 8.67. The van der Waals surface area contributed by atoms with Gasteiger partial charge in [0.05, 0.1) is 5.52 Å². The first-order valence-corrected chi connectivity index (χ1v) is 10.4. The van der Waals surface area contributed by atoms with E-state index in [1.165, 1.54) is 5.56 Å². The van der Waals surface area contributed by atoms with Gasteiger partial charge < -0.3 is 15.1 Å². The number of anilines is 2. The lowest BCUT2D eigenvalue weighted by Crippen LogP contribution is -2.44. The summed E-state index contributed by atoms with van der Waals surface area (Å²) in [5.74, 6) is 0.935. The molecule has 0 saturated carbocycles. The van der Waals surface area contributed by atoms with Gasteiger partial charge in [0.1, 0.15) is 5.82 Å². The third-order valence-electron chi connectivity index (χ3n) is 5.63. The van der Waals surface area contributed by atoms with E-state index < -0.39 is 0 Å². The highest BCUT2D eigenvalue weighted by Crippen LogP contribution is 2.26. The summed E-state index contributed by atoms with van der Waals surface area (Å²) in [5.41, 5.74) is 4.59. The maximum Gasteiger partial charge on any atom is 0.251 e. The minimum absolute atomic E-state index is 0.0992. The Kier molecular flexibility index (Phi) is 5.81. The molecule has 0 atom stereocenters. The number of pyridine rings is 1. The van der Waals surface area contributed by atoms with Gasteiger partial charge in [0.25, 0.3) is 5.91 Å². The first-order chi connectivity index (χ1) is 14.5. The van der Waals surface area contributed by atoms with Crippen LogP contribution in [0.4, 0.5) is 11.5 Å². The molecule has 2 heterocycles. The Labute approximate surface area is 178 Å². The normalized spacial score (nSPS) is 15.4. The largest absolute Gasteiger partial charge is 0.354 e. The molecule has 3 aromatic rings. The van der Waals surface area contributed by atoms with Crippen LogP contribution in [-0.2, 0) is 4.79 Å². The van der Waals surface area contributed by atoms with Crippen molar-refractivity contribution in [3.8, 4) is 0 Å². The van der Waals surface area contributed by atoms with Crippen LogP contribution in [0.15, 0.2) is 60.2 Å². The van der Waals surface area contributed by atoms with Crippen LogP contribution in [0.1, 0.15) is 18.1 Å². The molecule has 0 aliphatic carbocycles. The number of hydrogen-bond donors (Lipinski definition) is 1. The predicted octanol–water partition coefficient (Wildman–Crippen LogP) is 4.34. The third-order valence-corrected chi connectivity index (χ3v) is 5.63. The molecule has 154 valence electrons. The number of fused-ring (bicyclic) bond motifs is 1. The second-order valence-corrected chi connectivity index (χ2v) is 8.01. The Morgan fingerprint density at radius 1 is 1.03 bits per heavy atom. The number of carbonyl (C=O) groups excluding carboxylic acids is 1. The molecule has 1 aromatic heterocycles.